The van der Waals surface area contributed by atoms with Gasteiger partial charge < -0.3 is 9.84 Å². The Morgan fingerprint density at radius 1 is 1.60 bits per heavy atom. The van der Waals surface area contributed by atoms with Crippen LogP contribution in [0.4, 0.5) is 0 Å². The molecule has 5 nitrogen and oxygen atoms in total. The molecule has 1 saturated heterocycles. The third-order valence-corrected chi connectivity index (χ3v) is 3.89. The van der Waals surface area contributed by atoms with Crippen molar-refractivity contribution in [1.82, 2.24) is 4.90 Å². The maximum Gasteiger partial charge on any atom is 0.310 e. The quantitative estimate of drug-likeness (QED) is 0.915. The van der Waals surface area contributed by atoms with Crippen molar-refractivity contribution in [3.05, 3.63) is 34.3 Å². The summed E-state index contributed by atoms with van der Waals surface area (Å²) < 4.78 is 5.26. The second-order valence-corrected chi connectivity index (χ2v) is 5.29. The Morgan fingerprint density at radius 2 is 2.35 bits per heavy atom. The zero-order valence-corrected chi connectivity index (χ0v) is 11.8. The van der Waals surface area contributed by atoms with Crippen LogP contribution < -0.4 is 0 Å². The molecule has 0 aromatic heterocycles. The fourth-order valence-corrected chi connectivity index (χ4v) is 2.58. The van der Waals surface area contributed by atoms with E-state index in [9.17, 15) is 4.79 Å². The van der Waals surface area contributed by atoms with Crippen LogP contribution in [-0.2, 0) is 16.1 Å². The van der Waals surface area contributed by atoms with E-state index >= 15 is 0 Å². The molecule has 106 valence electrons. The number of carboxylic acid groups (broad SMARTS) is 1. The summed E-state index contributed by atoms with van der Waals surface area (Å²) in [6.07, 6.45) is 0. The first-order valence-corrected chi connectivity index (χ1v) is 6.60. The molecule has 1 heterocycles. The molecule has 1 aromatic carbocycles. The molecule has 0 amide bonds. The topological polar surface area (TPSA) is 73.6 Å². The highest BCUT2D eigenvalue weighted by Gasteiger charge is 2.36. The molecule has 1 aromatic rings. The number of ether oxygens (including phenoxy) is 1. The predicted molar refractivity (Wildman–Crippen MR) is 73.4 cm³/mol. The zero-order chi connectivity index (χ0) is 14.7. The van der Waals surface area contributed by atoms with Crippen molar-refractivity contribution in [2.75, 3.05) is 20.3 Å². The van der Waals surface area contributed by atoms with Gasteiger partial charge in [-0.2, -0.15) is 5.26 Å². The van der Waals surface area contributed by atoms with Gasteiger partial charge in [-0.15, -0.1) is 0 Å². The maximum atomic E-state index is 11.2. The highest BCUT2D eigenvalue weighted by Crippen LogP contribution is 2.24. The van der Waals surface area contributed by atoms with Gasteiger partial charge in [0.25, 0.3) is 0 Å². The number of carbonyl (C=O) groups is 1. The number of halogens is 1. The van der Waals surface area contributed by atoms with E-state index in [0.29, 0.717) is 23.7 Å². The lowest BCUT2D eigenvalue weighted by Crippen LogP contribution is -2.40. The molecule has 6 heteroatoms. The van der Waals surface area contributed by atoms with Crippen molar-refractivity contribution in [3.8, 4) is 6.07 Å². The predicted octanol–water partition coefficient (Wildman–Crippen LogP) is 1.74. The van der Waals surface area contributed by atoms with Crippen molar-refractivity contribution >= 4 is 17.6 Å². The summed E-state index contributed by atoms with van der Waals surface area (Å²) in [5, 5.41) is 18.5. The van der Waals surface area contributed by atoms with Crippen molar-refractivity contribution in [2.24, 2.45) is 5.92 Å². The molecule has 0 aliphatic carbocycles. The van der Waals surface area contributed by atoms with Gasteiger partial charge in [-0.05, 0) is 24.7 Å². The molecule has 1 aliphatic heterocycles. The van der Waals surface area contributed by atoms with Crippen LogP contribution >= 0.6 is 11.6 Å². The van der Waals surface area contributed by atoms with E-state index in [1.54, 1.807) is 18.2 Å². The van der Waals surface area contributed by atoms with Gasteiger partial charge in [0.2, 0.25) is 0 Å². The largest absolute Gasteiger partial charge is 0.481 e. The molecule has 0 saturated carbocycles. The lowest BCUT2D eigenvalue weighted by molar-refractivity contribution is -0.143. The Hall–Kier alpha value is -1.61. The first kappa shape index (κ1) is 14.8. The number of carboxylic acids is 1. The van der Waals surface area contributed by atoms with E-state index in [0.717, 1.165) is 5.56 Å². The van der Waals surface area contributed by atoms with Crippen molar-refractivity contribution in [1.29, 1.82) is 5.26 Å². The molecule has 1 N–H and O–H groups in total. The number of likely N-dealkylation sites (N-methyl/N-ethyl adjacent to an activating group) is 1. The molecule has 1 aliphatic rings. The third kappa shape index (κ3) is 3.10. The fourth-order valence-electron chi connectivity index (χ4n) is 2.34. The van der Waals surface area contributed by atoms with E-state index in [2.05, 4.69) is 0 Å². The molecule has 2 rings (SSSR count). The smallest absolute Gasteiger partial charge is 0.310 e. The third-order valence-electron chi connectivity index (χ3n) is 3.54. The van der Waals surface area contributed by atoms with Crippen molar-refractivity contribution in [2.45, 2.75) is 12.6 Å². The van der Waals surface area contributed by atoms with E-state index < -0.39 is 11.9 Å². The van der Waals surface area contributed by atoms with Gasteiger partial charge in [0, 0.05) is 17.6 Å². The molecule has 2 atom stereocenters. The second kappa shape index (κ2) is 6.23. The second-order valence-electron chi connectivity index (χ2n) is 4.88. The van der Waals surface area contributed by atoms with Gasteiger partial charge in [0.15, 0.2) is 0 Å². The summed E-state index contributed by atoms with van der Waals surface area (Å²) in [5.74, 6) is -1.36. The zero-order valence-electron chi connectivity index (χ0n) is 11.0. The Labute approximate surface area is 122 Å². The molecule has 2 unspecified atom stereocenters. The number of nitriles is 1. The average Bonchev–Trinajstić information content (AvgIpc) is 2.90. The van der Waals surface area contributed by atoms with Gasteiger partial charge in [-0.1, -0.05) is 17.7 Å². The number of rotatable bonds is 4. The summed E-state index contributed by atoms with van der Waals surface area (Å²) in [7, 11) is 1.85. The van der Waals surface area contributed by atoms with E-state index in [1.165, 1.54) is 0 Å². The molecule has 1 fully saturated rings. The van der Waals surface area contributed by atoms with Crippen LogP contribution in [0.5, 0.6) is 0 Å². The summed E-state index contributed by atoms with van der Waals surface area (Å²) in [6, 6.07) is 6.98. The normalized spacial score (nSPS) is 21.9. The lowest BCUT2D eigenvalue weighted by Gasteiger charge is -2.26. The van der Waals surface area contributed by atoms with Gasteiger partial charge in [0.1, 0.15) is 0 Å². The van der Waals surface area contributed by atoms with Gasteiger partial charge in [-0.25, -0.2) is 0 Å². The highest BCUT2D eigenvalue weighted by molar-refractivity contribution is 6.31. The maximum absolute atomic E-state index is 11.2. The van der Waals surface area contributed by atoms with E-state index in [-0.39, 0.29) is 12.6 Å². The lowest BCUT2D eigenvalue weighted by atomic mass is 10.0. The van der Waals surface area contributed by atoms with Crippen LogP contribution in [0.15, 0.2) is 18.2 Å². The fraction of sp³-hybridized carbons (Fsp3) is 0.429. The summed E-state index contributed by atoms with van der Waals surface area (Å²) in [6.45, 7) is 1.16. The van der Waals surface area contributed by atoms with Crippen LogP contribution in [0.3, 0.4) is 0 Å². The van der Waals surface area contributed by atoms with Crippen molar-refractivity contribution in [3.63, 3.8) is 0 Å². The number of aliphatic carboxylic acids is 1. The van der Waals surface area contributed by atoms with Gasteiger partial charge in [-0.3, -0.25) is 9.69 Å². The number of benzene rings is 1. The minimum Gasteiger partial charge on any atom is -0.481 e. The van der Waals surface area contributed by atoms with Gasteiger partial charge in [0.05, 0.1) is 30.8 Å². The standard InChI is InChI=1S/C14H15ClN2O3/c1-17(13-8-20-7-11(13)14(18)19)6-10-3-2-9(5-16)4-12(10)15/h2-4,11,13H,6-8H2,1H3,(H,18,19). The summed E-state index contributed by atoms with van der Waals surface area (Å²) in [4.78, 5) is 13.1. The Balaban J connectivity index is 2.10. The number of hydrogen-bond acceptors (Lipinski definition) is 4. The number of hydrogen-bond donors (Lipinski definition) is 1. The molecular weight excluding hydrogens is 280 g/mol. The number of nitrogens with zero attached hydrogens (tertiary/aromatic N) is 2. The highest BCUT2D eigenvalue weighted by atomic mass is 35.5. The van der Waals surface area contributed by atoms with Crippen LogP contribution in [0.1, 0.15) is 11.1 Å². The van der Waals surface area contributed by atoms with Crippen LogP contribution in [0.25, 0.3) is 0 Å². The van der Waals surface area contributed by atoms with Gasteiger partial charge >= 0.3 is 5.97 Å². The first-order valence-electron chi connectivity index (χ1n) is 6.22. The molecule has 20 heavy (non-hydrogen) atoms. The Morgan fingerprint density at radius 3 is 2.95 bits per heavy atom. The van der Waals surface area contributed by atoms with Crippen LogP contribution in [-0.4, -0.2) is 42.3 Å². The molecule has 0 radical (unpaired) electrons. The van der Waals surface area contributed by atoms with E-state index in [1.807, 2.05) is 18.0 Å². The first-order chi connectivity index (χ1) is 9.52. The van der Waals surface area contributed by atoms with Crippen LogP contribution in [0, 0.1) is 17.2 Å². The summed E-state index contributed by atoms with van der Waals surface area (Å²) in [5.41, 5.74) is 1.37. The molecule has 0 bridgehead atoms. The minimum absolute atomic E-state index is 0.167. The monoisotopic (exact) mass is 294 g/mol. The van der Waals surface area contributed by atoms with Crippen molar-refractivity contribution < 1.29 is 14.6 Å². The van der Waals surface area contributed by atoms with E-state index in [4.69, 9.17) is 26.7 Å². The molecule has 0 spiro atoms. The SMILES string of the molecule is CN(Cc1ccc(C#N)cc1Cl)C1COCC1C(=O)O. The minimum atomic E-state index is -0.842. The average molecular weight is 295 g/mol. The van der Waals surface area contributed by atoms with Crippen LogP contribution in [0.2, 0.25) is 5.02 Å². The Kier molecular flexibility index (Phi) is 4.61. The summed E-state index contributed by atoms with van der Waals surface area (Å²) >= 11 is 6.13. The molecular formula is C14H15ClN2O3. The Bertz CT molecular complexity index is 556.